The molecule has 0 amide bonds. The average Bonchev–Trinajstić information content (AvgIpc) is 2.65. The minimum atomic E-state index is -4.31. The Balaban J connectivity index is 2.33. The Kier molecular flexibility index (Phi) is 4.13. The third-order valence-electron chi connectivity index (χ3n) is 3.18. The molecule has 0 radical (unpaired) electrons. The van der Waals surface area contributed by atoms with Gasteiger partial charge in [-0.1, -0.05) is 0 Å². The van der Waals surface area contributed by atoms with Gasteiger partial charge >= 0.3 is 6.18 Å². The summed E-state index contributed by atoms with van der Waals surface area (Å²) in [5, 5.41) is 0. The van der Waals surface area contributed by atoms with E-state index in [4.69, 9.17) is 15.2 Å². The van der Waals surface area contributed by atoms with Crippen LogP contribution in [0.2, 0.25) is 0 Å². The zero-order valence-corrected chi connectivity index (χ0v) is 11.5. The van der Waals surface area contributed by atoms with E-state index in [0.717, 1.165) is 12.0 Å². The van der Waals surface area contributed by atoms with Gasteiger partial charge in [-0.2, -0.15) is 13.2 Å². The topological polar surface area (TPSA) is 44.5 Å². The van der Waals surface area contributed by atoms with Crippen molar-refractivity contribution in [3.05, 3.63) is 23.3 Å². The molecule has 1 aliphatic heterocycles. The maximum atomic E-state index is 12.5. The van der Waals surface area contributed by atoms with Crippen LogP contribution >= 0.6 is 0 Å². The van der Waals surface area contributed by atoms with Crippen LogP contribution in [-0.4, -0.2) is 18.9 Å². The lowest BCUT2D eigenvalue weighted by Gasteiger charge is -2.19. The van der Waals surface area contributed by atoms with Crippen molar-refractivity contribution < 1.29 is 22.6 Å². The van der Waals surface area contributed by atoms with E-state index in [1.165, 1.54) is 0 Å². The summed E-state index contributed by atoms with van der Waals surface area (Å²) in [5.41, 5.74) is 6.98. The maximum Gasteiger partial charge on any atom is 0.390 e. The van der Waals surface area contributed by atoms with Gasteiger partial charge in [0, 0.05) is 23.6 Å². The van der Waals surface area contributed by atoms with Gasteiger partial charge in [0.1, 0.15) is 17.6 Å². The Labute approximate surface area is 115 Å². The molecule has 0 bridgehead atoms. The molecule has 0 spiro atoms. The number of halogens is 3. The van der Waals surface area contributed by atoms with Gasteiger partial charge in [0.15, 0.2) is 0 Å². The van der Waals surface area contributed by atoms with Crippen LogP contribution in [-0.2, 0) is 6.42 Å². The number of ether oxygens (including phenoxy) is 2. The zero-order chi connectivity index (χ0) is 14.9. The molecular formula is C14H18F3NO2. The summed E-state index contributed by atoms with van der Waals surface area (Å²) in [5.74, 6) is 1.02. The Bertz CT molecular complexity index is 488. The molecule has 112 valence electrons. The zero-order valence-electron chi connectivity index (χ0n) is 11.5. The van der Waals surface area contributed by atoms with Gasteiger partial charge in [0.05, 0.1) is 13.0 Å². The van der Waals surface area contributed by atoms with Crippen LogP contribution in [0.3, 0.4) is 0 Å². The molecule has 2 N–H and O–H groups in total. The van der Waals surface area contributed by atoms with E-state index in [1.807, 2.05) is 6.92 Å². The molecule has 6 heteroatoms. The highest BCUT2D eigenvalue weighted by Gasteiger charge is 2.33. The van der Waals surface area contributed by atoms with Gasteiger partial charge in [-0.3, -0.25) is 0 Å². The highest BCUT2D eigenvalue weighted by Crippen LogP contribution is 2.39. The normalized spacial score (nSPS) is 19.4. The quantitative estimate of drug-likeness (QED) is 0.924. The summed E-state index contributed by atoms with van der Waals surface area (Å²) in [4.78, 5) is 0. The number of rotatable bonds is 4. The van der Waals surface area contributed by atoms with Gasteiger partial charge in [-0.15, -0.1) is 0 Å². The van der Waals surface area contributed by atoms with Crippen LogP contribution in [0.4, 0.5) is 13.2 Å². The van der Waals surface area contributed by atoms with Gasteiger partial charge in [0.25, 0.3) is 0 Å². The first-order valence-electron chi connectivity index (χ1n) is 6.58. The molecule has 0 fully saturated rings. The van der Waals surface area contributed by atoms with Crippen molar-refractivity contribution in [2.45, 2.75) is 45.0 Å². The number of benzene rings is 1. The molecule has 20 heavy (non-hydrogen) atoms. The van der Waals surface area contributed by atoms with E-state index in [2.05, 4.69) is 0 Å². The number of nitrogens with two attached hydrogens (primary N) is 1. The molecule has 1 aromatic rings. The highest BCUT2D eigenvalue weighted by molar-refractivity contribution is 5.50. The van der Waals surface area contributed by atoms with Crippen molar-refractivity contribution in [1.82, 2.24) is 0 Å². The Morgan fingerprint density at radius 1 is 1.45 bits per heavy atom. The number of hydrogen-bond acceptors (Lipinski definition) is 3. The third kappa shape index (κ3) is 3.36. The van der Waals surface area contributed by atoms with E-state index in [-0.39, 0.29) is 6.10 Å². The first kappa shape index (κ1) is 15.0. The third-order valence-corrected chi connectivity index (χ3v) is 3.18. The van der Waals surface area contributed by atoms with Gasteiger partial charge in [-0.05, 0) is 26.0 Å². The lowest BCUT2D eigenvalue weighted by atomic mass is 9.99. The molecule has 0 aliphatic carbocycles. The summed E-state index contributed by atoms with van der Waals surface area (Å²) in [6.07, 6.45) is -4.64. The molecule has 2 rings (SSSR count). The summed E-state index contributed by atoms with van der Waals surface area (Å²) >= 11 is 0. The predicted molar refractivity (Wildman–Crippen MR) is 69.0 cm³/mol. The van der Waals surface area contributed by atoms with Crippen molar-refractivity contribution >= 4 is 0 Å². The maximum absolute atomic E-state index is 12.5. The van der Waals surface area contributed by atoms with E-state index in [0.29, 0.717) is 23.7 Å². The molecule has 1 aromatic carbocycles. The molecule has 0 saturated carbocycles. The summed E-state index contributed by atoms with van der Waals surface area (Å²) in [6, 6.07) is 2.18. The lowest BCUT2D eigenvalue weighted by molar-refractivity contribution is -0.138. The molecule has 2 atom stereocenters. The predicted octanol–water partition coefficient (Wildman–Crippen LogP) is 3.36. The van der Waals surface area contributed by atoms with Crippen LogP contribution in [0, 0.1) is 0 Å². The second kappa shape index (κ2) is 5.52. The molecule has 0 aromatic heterocycles. The molecular weight excluding hydrogens is 271 g/mol. The minimum Gasteiger partial charge on any atom is -0.494 e. The average molecular weight is 289 g/mol. The number of hydrogen-bond donors (Lipinski definition) is 1. The SMILES string of the molecule is CCOc1cc2c(cc1[C@H](N)CC(F)(F)F)OC(C)C2. The van der Waals surface area contributed by atoms with E-state index in [9.17, 15) is 13.2 Å². The Morgan fingerprint density at radius 2 is 2.15 bits per heavy atom. The molecule has 1 aliphatic rings. The second-order valence-corrected chi connectivity index (χ2v) is 4.99. The lowest BCUT2D eigenvalue weighted by Crippen LogP contribution is -2.21. The standard InChI is InChI=1S/C14H18F3NO2/c1-3-19-13-5-9-4-8(2)20-12(9)6-10(13)11(18)7-14(15,16)17/h5-6,8,11H,3-4,7,18H2,1-2H3/t8?,11-/m1/s1. The van der Waals surface area contributed by atoms with Gasteiger partial charge in [-0.25, -0.2) is 0 Å². The fourth-order valence-corrected chi connectivity index (χ4v) is 2.38. The second-order valence-electron chi connectivity index (χ2n) is 4.99. The molecule has 1 unspecified atom stereocenters. The monoisotopic (exact) mass is 289 g/mol. The number of fused-ring (bicyclic) bond motifs is 1. The summed E-state index contributed by atoms with van der Waals surface area (Å²) < 4.78 is 48.5. The largest absolute Gasteiger partial charge is 0.494 e. The van der Waals surface area contributed by atoms with Crippen LogP contribution in [0.5, 0.6) is 11.5 Å². The van der Waals surface area contributed by atoms with Crippen molar-refractivity contribution in [2.24, 2.45) is 5.73 Å². The first-order valence-corrected chi connectivity index (χ1v) is 6.58. The Morgan fingerprint density at radius 3 is 2.75 bits per heavy atom. The Hall–Kier alpha value is -1.43. The summed E-state index contributed by atoms with van der Waals surface area (Å²) in [6.45, 7) is 4.07. The highest BCUT2D eigenvalue weighted by atomic mass is 19.4. The van der Waals surface area contributed by atoms with Crippen LogP contribution in [0.15, 0.2) is 12.1 Å². The first-order chi connectivity index (χ1) is 9.30. The van der Waals surface area contributed by atoms with E-state index >= 15 is 0 Å². The van der Waals surface area contributed by atoms with Crippen LogP contribution in [0.25, 0.3) is 0 Å². The summed E-state index contributed by atoms with van der Waals surface area (Å²) in [7, 11) is 0. The fourth-order valence-electron chi connectivity index (χ4n) is 2.38. The van der Waals surface area contributed by atoms with Gasteiger partial charge in [0.2, 0.25) is 0 Å². The van der Waals surface area contributed by atoms with Crippen LogP contribution < -0.4 is 15.2 Å². The smallest absolute Gasteiger partial charge is 0.390 e. The van der Waals surface area contributed by atoms with Crippen LogP contribution in [0.1, 0.15) is 37.4 Å². The van der Waals surface area contributed by atoms with Crippen molar-refractivity contribution in [1.29, 1.82) is 0 Å². The van der Waals surface area contributed by atoms with E-state index in [1.54, 1.807) is 19.1 Å². The van der Waals surface area contributed by atoms with Crippen molar-refractivity contribution in [3.8, 4) is 11.5 Å². The van der Waals surface area contributed by atoms with Crippen molar-refractivity contribution in [2.75, 3.05) is 6.61 Å². The molecule has 3 nitrogen and oxygen atoms in total. The minimum absolute atomic E-state index is 0.0218. The fraction of sp³-hybridized carbons (Fsp3) is 0.571. The molecule has 0 saturated heterocycles. The number of alkyl halides is 3. The van der Waals surface area contributed by atoms with Crippen molar-refractivity contribution in [3.63, 3.8) is 0 Å². The van der Waals surface area contributed by atoms with Gasteiger partial charge < -0.3 is 15.2 Å². The van der Waals surface area contributed by atoms with E-state index < -0.39 is 18.6 Å². The molecule has 1 heterocycles.